The van der Waals surface area contributed by atoms with Crippen LogP contribution in [0, 0.1) is 34.6 Å². The second-order valence-electron chi connectivity index (χ2n) is 4.63. The summed E-state index contributed by atoms with van der Waals surface area (Å²) in [5, 5.41) is 1.89. The topological polar surface area (TPSA) is 27.3 Å². The van der Waals surface area contributed by atoms with Crippen LogP contribution in [0.4, 0.5) is 5.69 Å². The lowest BCUT2D eigenvalue weighted by Crippen LogP contribution is -2.36. The number of rotatable bonds is 3. The van der Waals surface area contributed by atoms with E-state index in [-0.39, 0.29) is 0 Å². The van der Waals surface area contributed by atoms with Crippen molar-refractivity contribution in [2.75, 3.05) is 19.5 Å². The number of nitrogens with zero attached hydrogens (tertiary/aromatic N) is 1. The highest BCUT2D eigenvalue weighted by Crippen LogP contribution is 2.29. The van der Waals surface area contributed by atoms with Crippen LogP contribution in [0.1, 0.15) is 27.8 Å². The maximum Gasteiger partial charge on any atom is 0.0564 e. The first-order valence-corrected chi connectivity index (χ1v) is 5.62. The summed E-state index contributed by atoms with van der Waals surface area (Å²) in [6.07, 6.45) is 0. The van der Waals surface area contributed by atoms with E-state index in [1.165, 1.54) is 33.5 Å². The fraction of sp³-hybridized carbons (Fsp3) is 0.538. The molecule has 0 aliphatic rings. The minimum atomic E-state index is 1.19. The van der Waals surface area contributed by atoms with Crippen LogP contribution in [-0.2, 0) is 0 Å². The van der Waals surface area contributed by atoms with Gasteiger partial charge in [-0.05, 0) is 62.4 Å². The van der Waals surface area contributed by atoms with E-state index in [0.29, 0.717) is 0 Å². The van der Waals surface area contributed by atoms with Gasteiger partial charge in [0, 0.05) is 14.1 Å². The largest absolute Gasteiger partial charge is 0.307 e. The minimum absolute atomic E-state index is 1.19. The van der Waals surface area contributed by atoms with E-state index in [1.807, 2.05) is 19.1 Å². The predicted molar refractivity (Wildman–Crippen MR) is 70.6 cm³/mol. The van der Waals surface area contributed by atoms with Crippen molar-refractivity contribution in [2.24, 2.45) is 0 Å². The second kappa shape index (κ2) is 4.85. The first kappa shape index (κ1) is 13.0. The molecule has 2 N–H and O–H groups in total. The maximum atomic E-state index is 3.27. The molecule has 1 aromatic carbocycles. The molecular formula is C13H23N3. The SMILES string of the molecule is Cc1c(C)c(C)c(NNN(C)C)c(C)c1C. The summed E-state index contributed by atoms with van der Waals surface area (Å²) in [4.78, 5) is 0. The third-order valence-corrected chi connectivity index (χ3v) is 3.40. The summed E-state index contributed by atoms with van der Waals surface area (Å²) >= 11 is 0. The zero-order chi connectivity index (χ0) is 12.5. The molecule has 0 amide bonds. The van der Waals surface area contributed by atoms with Gasteiger partial charge in [0.25, 0.3) is 0 Å². The molecule has 0 fully saturated rings. The summed E-state index contributed by atoms with van der Waals surface area (Å²) < 4.78 is 0. The van der Waals surface area contributed by atoms with E-state index >= 15 is 0 Å². The van der Waals surface area contributed by atoms with Gasteiger partial charge in [0.1, 0.15) is 0 Å². The van der Waals surface area contributed by atoms with E-state index in [1.54, 1.807) is 0 Å². The standard InChI is InChI=1S/C13H23N3/c1-8-9(2)11(4)13(12(5)10(8)3)14-15-16(6)7/h14-15H,1-7H3. The van der Waals surface area contributed by atoms with Crippen LogP contribution in [0.3, 0.4) is 0 Å². The van der Waals surface area contributed by atoms with E-state index in [4.69, 9.17) is 0 Å². The van der Waals surface area contributed by atoms with E-state index in [9.17, 15) is 0 Å². The Morgan fingerprint density at radius 2 is 1.06 bits per heavy atom. The molecule has 0 heterocycles. The molecule has 90 valence electrons. The Balaban J connectivity index is 3.18. The fourth-order valence-corrected chi connectivity index (χ4v) is 1.86. The molecule has 0 saturated carbocycles. The van der Waals surface area contributed by atoms with Crippen LogP contribution in [0.25, 0.3) is 0 Å². The molecule has 3 heteroatoms. The van der Waals surface area contributed by atoms with Gasteiger partial charge < -0.3 is 5.43 Å². The Kier molecular flexibility index (Phi) is 3.94. The second-order valence-corrected chi connectivity index (χ2v) is 4.63. The maximum absolute atomic E-state index is 3.27. The molecule has 0 bridgehead atoms. The van der Waals surface area contributed by atoms with Crippen LogP contribution < -0.4 is 11.0 Å². The van der Waals surface area contributed by atoms with Gasteiger partial charge in [0.05, 0.1) is 5.69 Å². The molecule has 16 heavy (non-hydrogen) atoms. The van der Waals surface area contributed by atoms with E-state index in [2.05, 4.69) is 45.6 Å². The summed E-state index contributed by atoms with van der Waals surface area (Å²) in [7, 11) is 3.93. The number of benzene rings is 1. The first-order chi connectivity index (χ1) is 7.36. The summed E-state index contributed by atoms with van der Waals surface area (Å²) in [6, 6.07) is 0. The summed E-state index contributed by atoms with van der Waals surface area (Å²) in [5.41, 5.74) is 14.3. The smallest absolute Gasteiger partial charge is 0.0564 e. The molecule has 0 aliphatic carbocycles. The zero-order valence-corrected chi connectivity index (χ0v) is 11.4. The Labute approximate surface area is 98.8 Å². The van der Waals surface area contributed by atoms with Crippen molar-refractivity contribution in [3.05, 3.63) is 27.8 Å². The van der Waals surface area contributed by atoms with Gasteiger partial charge in [-0.3, -0.25) is 0 Å². The van der Waals surface area contributed by atoms with Crippen LogP contribution in [0.5, 0.6) is 0 Å². The number of nitrogens with one attached hydrogen (secondary N) is 2. The molecule has 0 spiro atoms. The summed E-state index contributed by atoms with van der Waals surface area (Å²) in [5.74, 6) is 0. The van der Waals surface area contributed by atoms with E-state index in [0.717, 1.165) is 0 Å². The van der Waals surface area contributed by atoms with Crippen molar-refractivity contribution in [2.45, 2.75) is 34.6 Å². The highest BCUT2D eigenvalue weighted by Gasteiger charge is 2.11. The average Bonchev–Trinajstić information content (AvgIpc) is 2.23. The van der Waals surface area contributed by atoms with Gasteiger partial charge in [0.2, 0.25) is 0 Å². The molecule has 0 unspecified atom stereocenters. The molecule has 3 nitrogen and oxygen atoms in total. The third-order valence-electron chi connectivity index (χ3n) is 3.40. The molecule has 1 rings (SSSR count). The highest BCUT2D eigenvalue weighted by molar-refractivity contribution is 5.64. The molecule has 0 radical (unpaired) electrons. The normalized spacial score (nSPS) is 11.0. The van der Waals surface area contributed by atoms with Crippen LogP contribution >= 0.6 is 0 Å². The van der Waals surface area contributed by atoms with Gasteiger partial charge in [-0.25, -0.2) is 5.01 Å². The third kappa shape index (κ3) is 2.36. The van der Waals surface area contributed by atoms with Gasteiger partial charge in [0.15, 0.2) is 0 Å². The molecular weight excluding hydrogens is 198 g/mol. The average molecular weight is 221 g/mol. The van der Waals surface area contributed by atoms with Gasteiger partial charge in [-0.15, -0.1) is 0 Å². The predicted octanol–water partition coefficient (Wildman–Crippen LogP) is 2.62. The summed E-state index contributed by atoms with van der Waals surface area (Å²) in [6.45, 7) is 10.9. The fourth-order valence-electron chi connectivity index (χ4n) is 1.86. The number of hydrogen-bond donors (Lipinski definition) is 2. The van der Waals surface area contributed by atoms with Crippen LogP contribution in [0.15, 0.2) is 0 Å². The minimum Gasteiger partial charge on any atom is -0.307 e. The first-order valence-electron chi connectivity index (χ1n) is 5.62. The molecule has 0 atom stereocenters. The Morgan fingerprint density at radius 1 is 0.688 bits per heavy atom. The van der Waals surface area contributed by atoms with Crippen molar-refractivity contribution >= 4 is 5.69 Å². The molecule has 0 aromatic heterocycles. The highest BCUT2D eigenvalue weighted by atomic mass is 15.7. The number of anilines is 1. The molecule has 0 saturated heterocycles. The van der Waals surface area contributed by atoms with E-state index < -0.39 is 0 Å². The van der Waals surface area contributed by atoms with Crippen molar-refractivity contribution in [3.8, 4) is 0 Å². The Morgan fingerprint density at radius 3 is 1.44 bits per heavy atom. The molecule has 1 aromatic rings. The van der Waals surface area contributed by atoms with Gasteiger partial charge >= 0.3 is 0 Å². The van der Waals surface area contributed by atoms with Crippen molar-refractivity contribution < 1.29 is 0 Å². The van der Waals surface area contributed by atoms with Crippen LogP contribution in [-0.4, -0.2) is 19.1 Å². The van der Waals surface area contributed by atoms with Crippen molar-refractivity contribution in [3.63, 3.8) is 0 Å². The van der Waals surface area contributed by atoms with Crippen molar-refractivity contribution in [1.82, 2.24) is 10.5 Å². The number of hydrogen-bond acceptors (Lipinski definition) is 3. The lowest BCUT2D eigenvalue weighted by Gasteiger charge is -2.22. The monoisotopic (exact) mass is 221 g/mol. The molecule has 0 aliphatic heterocycles. The van der Waals surface area contributed by atoms with Crippen LogP contribution in [0.2, 0.25) is 0 Å². The van der Waals surface area contributed by atoms with Gasteiger partial charge in [-0.2, -0.15) is 5.53 Å². The quantitative estimate of drug-likeness (QED) is 0.768. The lowest BCUT2D eigenvalue weighted by atomic mass is 9.93. The lowest BCUT2D eigenvalue weighted by molar-refractivity contribution is 0.320. The van der Waals surface area contributed by atoms with Crippen molar-refractivity contribution in [1.29, 1.82) is 0 Å². The zero-order valence-electron chi connectivity index (χ0n) is 11.4. The van der Waals surface area contributed by atoms with Gasteiger partial charge in [-0.1, -0.05) is 0 Å². The Hall–Kier alpha value is -1.06. The number of hydrazine groups is 2. The Bertz CT molecular complexity index is 366.